The van der Waals surface area contributed by atoms with Crippen molar-refractivity contribution in [2.24, 2.45) is 10.9 Å². The van der Waals surface area contributed by atoms with E-state index in [-0.39, 0.29) is 30.1 Å². The van der Waals surface area contributed by atoms with Crippen molar-refractivity contribution in [1.29, 1.82) is 0 Å². The monoisotopic (exact) mass is 497 g/mol. The number of aliphatic imine (C=N–C) groups is 1. The summed E-state index contributed by atoms with van der Waals surface area (Å²) >= 11 is 0. The van der Waals surface area contributed by atoms with Gasteiger partial charge in [-0.05, 0) is 38.3 Å². The number of nitrogens with zero attached hydrogens (tertiary/aromatic N) is 4. The van der Waals surface area contributed by atoms with Crippen molar-refractivity contribution in [2.75, 3.05) is 26.7 Å². The Morgan fingerprint density at radius 2 is 2.11 bits per heavy atom. The van der Waals surface area contributed by atoms with Crippen LogP contribution in [-0.2, 0) is 0 Å². The van der Waals surface area contributed by atoms with Crippen LogP contribution in [0.4, 0.5) is 0 Å². The molecule has 0 spiro atoms. The molecule has 3 rings (SSSR count). The Hall–Kier alpha value is -1.77. The van der Waals surface area contributed by atoms with E-state index in [1.807, 2.05) is 31.7 Å². The van der Waals surface area contributed by atoms with E-state index < -0.39 is 0 Å². The average Bonchev–Trinajstić information content (AvgIpc) is 3.20. The van der Waals surface area contributed by atoms with Gasteiger partial charge in [0.05, 0.1) is 18.9 Å². The third kappa shape index (κ3) is 5.86. The van der Waals surface area contributed by atoms with E-state index in [2.05, 4.69) is 63.9 Å². The van der Waals surface area contributed by atoms with Crippen LogP contribution in [0.2, 0.25) is 0 Å². The van der Waals surface area contributed by atoms with Crippen LogP contribution < -0.4 is 10.1 Å². The molecule has 2 heterocycles. The molecule has 28 heavy (non-hydrogen) atoms. The van der Waals surface area contributed by atoms with Gasteiger partial charge in [-0.25, -0.2) is 4.98 Å². The smallest absolute Gasteiger partial charge is 0.193 e. The molecular formula is C21H32IN5O. The summed E-state index contributed by atoms with van der Waals surface area (Å²) in [6, 6.07) is 8.59. The molecule has 1 N–H and O–H groups in total. The lowest BCUT2D eigenvalue weighted by molar-refractivity contribution is 0.184. The number of benzene rings is 1. The first-order valence-corrected chi connectivity index (χ1v) is 9.73. The summed E-state index contributed by atoms with van der Waals surface area (Å²) in [5.41, 5.74) is 1.24. The predicted molar refractivity (Wildman–Crippen MR) is 125 cm³/mol. The molecule has 3 atom stereocenters. The second kappa shape index (κ2) is 10.7. The van der Waals surface area contributed by atoms with Crippen molar-refractivity contribution in [3.8, 4) is 5.75 Å². The molecule has 1 aliphatic heterocycles. The van der Waals surface area contributed by atoms with Gasteiger partial charge in [0.25, 0.3) is 0 Å². The minimum Gasteiger partial charge on any atom is -0.489 e. The van der Waals surface area contributed by atoms with Crippen LogP contribution in [0.5, 0.6) is 5.75 Å². The highest BCUT2D eigenvalue weighted by Crippen LogP contribution is 2.27. The molecule has 2 aromatic rings. The van der Waals surface area contributed by atoms with E-state index in [4.69, 9.17) is 4.74 Å². The van der Waals surface area contributed by atoms with Gasteiger partial charge in [0.1, 0.15) is 11.9 Å². The van der Waals surface area contributed by atoms with Crippen molar-refractivity contribution in [3.05, 3.63) is 48.5 Å². The van der Waals surface area contributed by atoms with E-state index in [9.17, 15) is 0 Å². The van der Waals surface area contributed by atoms with Gasteiger partial charge < -0.3 is 19.5 Å². The van der Waals surface area contributed by atoms with Crippen molar-refractivity contribution in [3.63, 3.8) is 0 Å². The van der Waals surface area contributed by atoms with Gasteiger partial charge in [0.15, 0.2) is 5.96 Å². The lowest BCUT2D eigenvalue weighted by Crippen LogP contribution is -2.50. The van der Waals surface area contributed by atoms with E-state index in [1.165, 1.54) is 5.56 Å². The zero-order valence-electron chi connectivity index (χ0n) is 17.2. The summed E-state index contributed by atoms with van der Waals surface area (Å²) in [7, 11) is 1.85. The highest BCUT2D eigenvalue weighted by molar-refractivity contribution is 14.0. The van der Waals surface area contributed by atoms with Crippen LogP contribution in [-0.4, -0.2) is 53.2 Å². The number of nitrogens with one attached hydrogen (secondary N) is 1. The number of guanidine groups is 1. The molecule has 154 valence electrons. The third-order valence-corrected chi connectivity index (χ3v) is 5.24. The van der Waals surface area contributed by atoms with Gasteiger partial charge in [-0.1, -0.05) is 24.6 Å². The standard InChI is InChI=1S/C21H31N5O.HI/c1-16-5-7-19(8-6-16)27-18(3)13-24-21(22-4)25-11-9-17(2)20(14-25)26-12-10-23-15-26;/h5-8,10,12,15,17-18,20H,9,11,13-14H2,1-4H3,(H,22,24);1H. The van der Waals surface area contributed by atoms with Gasteiger partial charge in [-0.2, -0.15) is 0 Å². The van der Waals surface area contributed by atoms with Crippen LogP contribution in [0.15, 0.2) is 48.0 Å². The minimum absolute atomic E-state index is 0. The summed E-state index contributed by atoms with van der Waals surface area (Å²) in [6.07, 6.45) is 7.01. The Bertz CT molecular complexity index is 732. The predicted octanol–water partition coefficient (Wildman–Crippen LogP) is 3.74. The van der Waals surface area contributed by atoms with Crippen LogP contribution in [0, 0.1) is 12.8 Å². The van der Waals surface area contributed by atoms with Gasteiger partial charge in [0.2, 0.25) is 0 Å². The maximum Gasteiger partial charge on any atom is 0.193 e. The Kier molecular flexibility index (Phi) is 8.59. The molecule has 1 aliphatic rings. The Morgan fingerprint density at radius 3 is 2.75 bits per heavy atom. The van der Waals surface area contributed by atoms with E-state index in [1.54, 1.807) is 0 Å². The fraction of sp³-hybridized carbons (Fsp3) is 0.524. The minimum atomic E-state index is 0. The maximum atomic E-state index is 6.00. The molecule has 0 saturated carbocycles. The molecule has 0 radical (unpaired) electrons. The molecule has 1 aromatic heterocycles. The summed E-state index contributed by atoms with van der Waals surface area (Å²) in [5, 5.41) is 3.48. The van der Waals surface area contributed by atoms with Crippen molar-refractivity contribution < 1.29 is 4.74 Å². The number of imidazole rings is 1. The number of ether oxygens (including phenoxy) is 1. The fourth-order valence-corrected chi connectivity index (χ4v) is 3.55. The highest BCUT2D eigenvalue weighted by Gasteiger charge is 2.29. The molecule has 1 saturated heterocycles. The van der Waals surface area contributed by atoms with Gasteiger partial charge >= 0.3 is 0 Å². The summed E-state index contributed by atoms with van der Waals surface area (Å²) in [6.45, 7) is 9.13. The summed E-state index contributed by atoms with van der Waals surface area (Å²) in [5.74, 6) is 2.46. The lowest BCUT2D eigenvalue weighted by Gasteiger charge is -2.39. The maximum absolute atomic E-state index is 6.00. The number of hydrogen-bond donors (Lipinski definition) is 1. The SMILES string of the molecule is CN=C(NCC(C)Oc1ccc(C)cc1)N1CCC(C)C(n2ccnc2)C1.I. The molecule has 7 heteroatoms. The number of rotatable bonds is 5. The molecule has 0 aliphatic carbocycles. The second-order valence-corrected chi connectivity index (χ2v) is 7.46. The van der Waals surface area contributed by atoms with Crippen LogP contribution in [0.3, 0.4) is 0 Å². The normalized spacial score (nSPS) is 21.0. The van der Waals surface area contributed by atoms with E-state index in [0.29, 0.717) is 18.5 Å². The second-order valence-electron chi connectivity index (χ2n) is 7.46. The number of hydrogen-bond acceptors (Lipinski definition) is 3. The third-order valence-electron chi connectivity index (χ3n) is 5.24. The van der Waals surface area contributed by atoms with Crippen LogP contribution >= 0.6 is 24.0 Å². The highest BCUT2D eigenvalue weighted by atomic mass is 127. The first-order valence-electron chi connectivity index (χ1n) is 9.73. The number of halogens is 1. The van der Waals surface area contributed by atoms with Crippen LogP contribution in [0.25, 0.3) is 0 Å². The largest absolute Gasteiger partial charge is 0.489 e. The first kappa shape index (κ1) is 22.5. The van der Waals surface area contributed by atoms with Crippen molar-refractivity contribution in [2.45, 2.75) is 39.3 Å². The molecule has 6 nitrogen and oxygen atoms in total. The first-order chi connectivity index (χ1) is 13.1. The zero-order chi connectivity index (χ0) is 19.2. The quantitative estimate of drug-likeness (QED) is 0.389. The zero-order valence-corrected chi connectivity index (χ0v) is 19.5. The fourth-order valence-electron chi connectivity index (χ4n) is 3.55. The van der Waals surface area contributed by atoms with E-state index in [0.717, 1.165) is 31.2 Å². The molecule has 1 fully saturated rings. The van der Waals surface area contributed by atoms with Gasteiger partial charge in [-0.3, -0.25) is 4.99 Å². The van der Waals surface area contributed by atoms with Gasteiger partial charge in [-0.15, -0.1) is 24.0 Å². The summed E-state index contributed by atoms with van der Waals surface area (Å²) in [4.78, 5) is 11.0. The molecule has 0 amide bonds. The molecule has 3 unspecified atom stereocenters. The van der Waals surface area contributed by atoms with E-state index >= 15 is 0 Å². The Balaban J connectivity index is 0.00000280. The Morgan fingerprint density at radius 1 is 1.36 bits per heavy atom. The molecular weight excluding hydrogens is 465 g/mol. The molecule has 0 bridgehead atoms. The number of likely N-dealkylation sites (tertiary alicyclic amines) is 1. The molecule has 1 aromatic carbocycles. The lowest BCUT2D eigenvalue weighted by atomic mass is 9.93. The average molecular weight is 497 g/mol. The summed E-state index contributed by atoms with van der Waals surface area (Å²) < 4.78 is 8.22. The van der Waals surface area contributed by atoms with Gasteiger partial charge in [0, 0.05) is 32.5 Å². The topological polar surface area (TPSA) is 54.7 Å². The Labute approximate surface area is 185 Å². The number of aryl methyl sites for hydroxylation is 1. The number of aromatic nitrogens is 2. The number of piperidine rings is 1. The van der Waals surface area contributed by atoms with Crippen molar-refractivity contribution in [1.82, 2.24) is 19.8 Å². The van der Waals surface area contributed by atoms with Crippen LogP contribution in [0.1, 0.15) is 31.9 Å². The van der Waals surface area contributed by atoms with Crippen molar-refractivity contribution >= 4 is 29.9 Å².